The van der Waals surface area contributed by atoms with Crippen LogP contribution >= 0.6 is 11.3 Å². The topological polar surface area (TPSA) is 49.9 Å². The maximum absolute atomic E-state index is 13.3. The number of amides is 2. The first-order chi connectivity index (χ1) is 11.6. The minimum atomic E-state index is -0.121. The van der Waals surface area contributed by atoms with Gasteiger partial charge in [-0.05, 0) is 30.7 Å². The van der Waals surface area contributed by atoms with Crippen LogP contribution in [0, 0.1) is 11.3 Å². The molecule has 3 aliphatic rings. The molecule has 2 amide bonds. The first-order valence-electron chi connectivity index (χ1n) is 8.75. The van der Waals surface area contributed by atoms with Crippen molar-refractivity contribution in [1.29, 1.82) is 0 Å². The lowest BCUT2D eigenvalue weighted by Gasteiger charge is -2.39. The summed E-state index contributed by atoms with van der Waals surface area (Å²) in [5.41, 5.74) is 0.185. The summed E-state index contributed by atoms with van der Waals surface area (Å²) in [6.45, 7) is 3.25. The standard InChI is InChI=1S/C18H24N2O3S/c1-19-15(21)5-4-13(16(19)14-3-2-10-24-14)17(22)20-8-6-18(11-20)7-9-23-12-18/h2-3,10,13,16H,4-9,11-12H2,1H3/t13-,16-,18+/m0/s1. The van der Waals surface area contributed by atoms with Crippen LogP contribution in [0.2, 0.25) is 0 Å². The molecular formula is C18H24N2O3S. The lowest BCUT2D eigenvalue weighted by molar-refractivity contribution is -0.146. The molecule has 0 radical (unpaired) electrons. The molecule has 3 aliphatic heterocycles. The average Bonchev–Trinajstić information content (AvgIpc) is 3.33. The Morgan fingerprint density at radius 3 is 3.00 bits per heavy atom. The van der Waals surface area contributed by atoms with Crippen LogP contribution in [-0.2, 0) is 14.3 Å². The molecule has 0 unspecified atom stereocenters. The zero-order chi connectivity index (χ0) is 16.7. The summed E-state index contributed by atoms with van der Waals surface area (Å²) in [6.07, 6.45) is 3.24. The fourth-order valence-electron chi connectivity index (χ4n) is 4.47. The monoisotopic (exact) mass is 348 g/mol. The number of thiophene rings is 1. The predicted octanol–water partition coefficient (Wildman–Crippen LogP) is 2.30. The van der Waals surface area contributed by atoms with E-state index >= 15 is 0 Å². The summed E-state index contributed by atoms with van der Waals surface area (Å²) < 4.78 is 5.58. The molecule has 4 rings (SSSR count). The summed E-state index contributed by atoms with van der Waals surface area (Å²) >= 11 is 1.63. The Bertz CT molecular complexity index is 624. The Kier molecular flexibility index (Phi) is 4.12. The molecule has 24 heavy (non-hydrogen) atoms. The van der Waals surface area contributed by atoms with Gasteiger partial charge in [-0.3, -0.25) is 9.59 Å². The van der Waals surface area contributed by atoms with Gasteiger partial charge in [-0.1, -0.05) is 6.07 Å². The van der Waals surface area contributed by atoms with E-state index in [-0.39, 0.29) is 29.2 Å². The van der Waals surface area contributed by atoms with Crippen molar-refractivity contribution in [3.05, 3.63) is 22.4 Å². The Balaban J connectivity index is 1.55. The number of piperidine rings is 1. The minimum absolute atomic E-state index is 0.116. The average molecular weight is 348 g/mol. The van der Waals surface area contributed by atoms with Crippen LogP contribution in [0.1, 0.15) is 36.6 Å². The number of ether oxygens (including phenoxy) is 1. The van der Waals surface area contributed by atoms with E-state index in [1.807, 2.05) is 29.5 Å². The van der Waals surface area contributed by atoms with Crippen LogP contribution in [0.25, 0.3) is 0 Å². The molecule has 5 nitrogen and oxygen atoms in total. The lowest BCUT2D eigenvalue weighted by atomic mass is 9.85. The number of rotatable bonds is 2. The van der Waals surface area contributed by atoms with E-state index in [4.69, 9.17) is 4.74 Å². The molecule has 0 aliphatic carbocycles. The van der Waals surface area contributed by atoms with Crippen LogP contribution in [0.4, 0.5) is 0 Å². The number of nitrogens with zero attached hydrogens (tertiary/aromatic N) is 2. The smallest absolute Gasteiger partial charge is 0.228 e. The van der Waals surface area contributed by atoms with Crippen molar-refractivity contribution in [1.82, 2.24) is 9.80 Å². The van der Waals surface area contributed by atoms with Gasteiger partial charge in [-0.2, -0.15) is 0 Å². The SMILES string of the molecule is CN1C(=O)CC[C@H](C(=O)N2CC[C@@]3(CCOC3)C2)[C@H]1c1cccs1. The third-order valence-electron chi connectivity index (χ3n) is 5.95. The van der Waals surface area contributed by atoms with Gasteiger partial charge in [-0.25, -0.2) is 0 Å². The van der Waals surface area contributed by atoms with Gasteiger partial charge in [-0.15, -0.1) is 11.3 Å². The maximum Gasteiger partial charge on any atom is 0.228 e. The number of hydrogen-bond donors (Lipinski definition) is 0. The number of carbonyl (C=O) groups excluding carboxylic acids is 2. The molecule has 6 heteroatoms. The number of likely N-dealkylation sites (tertiary alicyclic amines) is 2. The van der Waals surface area contributed by atoms with Crippen LogP contribution in [0.5, 0.6) is 0 Å². The molecule has 3 atom stereocenters. The summed E-state index contributed by atoms with van der Waals surface area (Å²) in [6, 6.07) is 3.92. The summed E-state index contributed by atoms with van der Waals surface area (Å²) in [5.74, 6) is 0.236. The second-order valence-electron chi connectivity index (χ2n) is 7.42. The molecule has 3 saturated heterocycles. The van der Waals surface area contributed by atoms with E-state index in [1.54, 1.807) is 16.2 Å². The third-order valence-corrected chi connectivity index (χ3v) is 6.89. The van der Waals surface area contributed by atoms with E-state index in [9.17, 15) is 9.59 Å². The van der Waals surface area contributed by atoms with Crippen molar-refractivity contribution < 1.29 is 14.3 Å². The van der Waals surface area contributed by atoms with Gasteiger partial charge in [0.1, 0.15) is 0 Å². The van der Waals surface area contributed by atoms with Crippen molar-refractivity contribution in [2.75, 3.05) is 33.4 Å². The summed E-state index contributed by atoms with van der Waals surface area (Å²) in [4.78, 5) is 30.4. The van der Waals surface area contributed by atoms with Crippen molar-refractivity contribution >= 4 is 23.2 Å². The molecule has 4 heterocycles. The van der Waals surface area contributed by atoms with Crippen molar-refractivity contribution in [3.63, 3.8) is 0 Å². The van der Waals surface area contributed by atoms with Gasteiger partial charge in [0.25, 0.3) is 0 Å². The Hall–Kier alpha value is -1.40. The molecule has 0 aromatic carbocycles. The highest BCUT2D eigenvalue weighted by molar-refractivity contribution is 7.10. The molecule has 1 aromatic heterocycles. The normalized spacial score (nSPS) is 33.6. The van der Waals surface area contributed by atoms with Gasteiger partial charge < -0.3 is 14.5 Å². The number of hydrogen-bond acceptors (Lipinski definition) is 4. The molecule has 1 aromatic rings. The Morgan fingerprint density at radius 1 is 1.42 bits per heavy atom. The Labute approximate surface area is 146 Å². The lowest BCUT2D eigenvalue weighted by Crippen LogP contribution is -2.47. The van der Waals surface area contributed by atoms with Crippen molar-refractivity contribution in [3.8, 4) is 0 Å². The molecule has 0 saturated carbocycles. The van der Waals surface area contributed by atoms with Gasteiger partial charge in [0.2, 0.25) is 11.8 Å². The maximum atomic E-state index is 13.3. The van der Waals surface area contributed by atoms with Crippen LogP contribution in [-0.4, -0.2) is 55.0 Å². The molecule has 130 valence electrons. The van der Waals surface area contributed by atoms with Gasteiger partial charge in [0, 0.05) is 43.5 Å². The Morgan fingerprint density at radius 2 is 2.29 bits per heavy atom. The fourth-order valence-corrected chi connectivity index (χ4v) is 5.41. The molecule has 3 fully saturated rings. The zero-order valence-corrected chi connectivity index (χ0v) is 14.9. The third kappa shape index (κ3) is 2.65. The van der Waals surface area contributed by atoms with Crippen LogP contribution < -0.4 is 0 Å². The molecule has 1 spiro atoms. The molecular weight excluding hydrogens is 324 g/mol. The van der Waals surface area contributed by atoms with Gasteiger partial charge >= 0.3 is 0 Å². The van der Waals surface area contributed by atoms with E-state index in [0.29, 0.717) is 12.8 Å². The second-order valence-corrected chi connectivity index (χ2v) is 8.40. The minimum Gasteiger partial charge on any atom is -0.381 e. The first-order valence-corrected chi connectivity index (χ1v) is 9.63. The predicted molar refractivity (Wildman–Crippen MR) is 91.6 cm³/mol. The van der Waals surface area contributed by atoms with E-state index < -0.39 is 0 Å². The second kappa shape index (κ2) is 6.15. The highest BCUT2D eigenvalue weighted by Crippen LogP contribution is 2.42. The van der Waals surface area contributed by atoms with E-state index in [1.165, 1.54) is 0 Å². The van der Waals surface area contributed by atoms with Gasteiger partial charge in [0.05, 0.1) is 18.6 Å². The quantitative estimate of drug-likeness (QED) is 0.824. The van der Waals surface area contributed by atoms with E-state index in [0.717, 1.165) is 44.0 Å². The van der Waals surface area contributed by atoms with Gasteiger partial charge in [0.15, 0.2) is 0 Å². The van der Waals surface area contributed by atoms with Crippen LogP contribution in [0.3, 0.4) is 0 Å². The summed E-state index contributed by atoms with van der Waals surface area (Å²) in [5, 5.41) is 2.02. The fraction of sp³-hybridized carbons (Fsp3) is 0.667. The van der Waals surface area contributed by atoms with Crippen molar-refractivity contribution in [2.24, 2.45) is 11.3 Å². The van der Waals surface area contributed by atoms with E-state index in [2.05, 4.69) is 0 Å². The number of carbonyl (C=O) groups is 2. The highest BCUT2D eigenvalue weighted by Gasteiger charge is 2.47. The largest absolute Gasteiger partial charge is 0.381 e. The first kappa shape index (κ1) is 16.1. The zero-order valence-electron chi connectivity index (χ0n) is 14.1. The van der Waals surface area contributed by atoms with Crippen LogP contribution in [0.15, 0.2) is 17.5 Å². The highest BCUT2D eigenvalue weighted by atomic mass is 32.1. The molecule has 0 bridgehead atoms. The molecule has 0 N–H and O–H groups in total. The summed E-state index contributed by atoms with van der Waals surface area (Å²) in [7, 11) is 1.84. The van der Waals surface area contributed by atoms with Crippen molar-refractivity contribution in [2.45, 2.75) is 31.7 Å².